The average molecular weight is 381 g/mol. The van der Waals surface area contributed by atoms with E-state index < -0.39 is 0 Å². The van der Waals surface area contributed by atoms with E-state index in [2.05, 4.69) is 54.4 Å². The van der Waals surface area contributed by atoms with Crippen molar-refractivity contribution in [2.75, 3.05) is 26.7 Å². The Labute approximate surface area is 168 Å². The number of benzene rings is 2. The number of rotatable bonds is 8. The minimum atomic E-state index is 0.118. The second-order valence-electron chi connectivity index (χ2n) is 7.77. The van der Waals surface area contributed by atoms with Crippen molar-refractivity contribution < 1.29 is 9.53 Å². The predicted molar refractivity (Wildman–Crippen MR) is 114 cm³/mol. The van der Waals surface area contributed by atoms with E-state index in [-0.39, 0.29) is 11.9 Å². The van der Waals surface area contributed by atoms with Crippen LogP contribution in [0, 0.1) is 13.8 Å². The van der Waals surface area contributed by atoms with E-state index in [1.54, 1.807) is 7.11 Å². The van der Waals surface area contributed by atoms with Crippen molar-refractivity contribution in [1.82, 2.24) is 10.2 Å². The van der Waals surface area contributed by atoms with E-state index in [9.17, 15) is 4.79 Å². The third-order valence-corrected chi connectivity index (χ3v) is 5.67. The standard InChI is InChI=1S/C24H32N2O2/c1-18-9-10-20(19(2)15-18)11-12-24(27)25-17-23(26-13-4-5-14-26)21-7-6-8-22(16-21)28-3/h6-10,15-16,23H,4-5,11-14,17H2,1-3H3,(H,25,27). The lowest BCUT2D eigenvalue weighted by Gasteiger charge is -2.28. The van der Waals surface area contributed by atoms with Crippen molar-refractivity contribution in [2.45, 2.75) is 45.6 Å². The molecule has 2 aromatic rings. The molecule has 2 aromatic carbocycles. The van der Waals surface area contributed by atoms with Crippen molar-refractivity contribution in [3.63, 3.8) is 0 Å². The summed E-state index contributed by atoms with van der Waals surface area (Å²) in [6.45, 7) is 7.02. The molecule has 4 heteroatoms. The van der Waals surface area contributed by atoms with E-state index in [0.29, 0.717) is 13.0 Å². The van der Waals surface area contributed by atoms with Gasteiger partial charge in [0.1, 0.15) is 5.75 Å². The molecule has 1 saturated heterocycles. The first-order valence-corrected chi connectivity index (χ1v) is 10.3. The molecule has 0 bridgehead atoms. The molecule has 1 aliphatic heterocycles. The van der Waals surface area contributed by atoms with Crippen LogP contribution in [0.2, 0.25) is 0 Å². The van der Waals surface area contributed by atoms with Crippen LogP contribution in [0.5, 0.6) is 5.75 Å². The molecule has 0 spiro atoms. The number of likely N-dealkylation sites (tertiary alicyclic amines) is 1. The Hall–Kier alpha value is -2.33. The van der Waals surface area contributed by atoms with Crippen LogP contribution < -0.4 is 10.1 Å². The molecule has 1 amide bonds. The number of hydrogen-bond donors (Lipinski definition) is 1. The predicted octanol–water partition coefficient (Wildman–Crippen LogP) is 4.20. The molecule has 0 saturated carbocycles. The maximum atomic E-state index is 12.5. The zero-order valence-electron chi connectivity index (χ0n) is 17.3. The maximum absolute atomic E-state index is 12.5. The van der Waals surface area contributed by atoms with Crippen molar-refractivity contribution in [3.05, 3.63) is 64.7 Å². The van der Waals surface area contributed by atoms with Gasteiger partial charge in [0.2, 0.25) is 5.91 Å². The second kappa shape index (κ2) is 9.74. The van der Waals surface area contributed by atoms with Crippen LogP contribution in [-0.4, -0.2) is 37.6 Å². The largest absolute Gasteiger partial charge is 0.497 e. The Morgan fingerprint density at radius 2 is 1.93 bits per heavy atom. The number of aryl methyl sites for hydroxylation is 3. The van der Waals surface area contributed by atoms with Crippen LogP contribution in [0.3, 0.4) is 0 Å². The smallest absolute Gasteiger partial charge is 0.220 e. The summed E-state index contributed by atoms with van der Waals surface area (Å²) in [5.41, 5.74) is 4.98. The van der Waals surface area contributed by atoms with Gasteiger partial charge in [-0.3, -0.25) is 9.69 Å². The van der Waals surface area contributed by atoms with Crippen molar-refractivity contribution >= 4 is 5.91 Å². The van der Waals surface area contributed by atoms with Gasteiger partial charge in [0.15, 0.2) is 0 Å². The van der Waals surface area contributed by atoms with Crippen molar-refractivity contribution in [1.29, 1.82) is 0 Å². The number of carbonyl (C=O) groups is 1. The number of amides is 1. The normalized spacial score (nSPS) is 15.4. The monoisotopic (exact) mass is 380 g/mol. The van der Waals surface area contributed by atoms with E-state index in [1.165, 1.54) is 35.1 Å². The van der Waals surface area contributed by atoms with Gasteiger partial charge in [-0.05, 0) is 75.0 Å². The Balaban J connectivity index is 1.60. The first-order chi connectivity index (χ1) is 13.6. The Kier molecular flexibility index (Phi) is 7.10. The number of methoxy groups -OCH3 is 1. The Morgan fingerprint density at radius 3 is 2.64 bits per heavy atom. The molecule has 28 heavy (non-hydrogen) atoms. The average Bonchev–Trinajstić information content (AvgIpc) is 3.22. The third-order valence-electron chi connectivity index (χ3n) is 5.67. The van der Waals surface area contributed by atoms with E-state index in [0.717, 1.165) is 25.3 Å². The first kappa shape index (κ1) is 20.4. The van der Waals surface area contributed by atoms with Gasteiger partial charge in [0.25, 0.3) is 0 Å². The van der Waals surface area contributed by atoms with Crippen molar-refractivity contribution in [2.24, 2.45) is 0 Å². The van der Waals surface area contributed by atoms with Gasteiger partial charge >= 0.3 is 0 Å². The molecule has 3 rings (SSSR count). The fraction of sp³-hybridized carbons (Fsp3) is 0.458. The van der Waals surface area contributed by atoms with Crippen LogP contribution in [0.1, 0.15) is 47.6 Å². The summed E-state index contributed by atoms with van der Waals surface area (Å²) < 4.78 is 5.39. The lowest BCUT2D eigenvalue weighted by atomic mass is 10.0. The SMILES string of the molecule is COc1cccc(C(CNC(=O)CCc2ccc(C)cc2C)N2CCCC2)c1. The quantitative estimate of drug-likeness (QED) is 0.746. The fourth-order valence-corrected chi connectivity index (χ4v) is 4.03. The van der Waals surface area contributed by atoms with Gasteiger partial charge in [-0.15, -0.1) is 0 Å². The lowest BCUT2D eigenvalue weighted by Crippen LogP contribution is -2.36. The molecule has 150 valence electrons. The highest BCUT2D eigenvalue weighted by molar-refractivity contribution is 5.76. The Morgan fingerprint density at radius 1 is 1.14 bits per heavy atom. The van der Waals surface area contributed by atoms with E-state index in [4.69, 9.17) is 4.74 Å². The van der Waals surface area contributed by atoms with Crippen LogP contribution in [0.25, 0.3) is 0 Å². The van der Waals surface area contributed by atoms with Crippen LogP contribution >= 0.6 is 0 Å². The minimum Gasteiger partial charge on any atom is -0.497 e. The zero-order valence-corrected chi connectivity index (χ0v) is 17.3. The molecule has 1 heterocycles. The maximum Gasteiger partial charge on any atom is 0.220 e. The van der Waals surface area contributed by atoms with Crippen molar-refractivity contribution in [3.8, 4) is 5.75 Å². The zero-order chi connectivity index (χ0) is 19.9. The summed E-state index contributed by atoms with van der Waals surface area (Å²) in [6, 6.07) is 14.8. The number of nitrogens with zero attached hydrogens (tertiary/aromatic N) is 1. The van der Waals surface area contributed by atoms with Gasteiger partial charge in [-0.2, -0.15) is 0 Å². The number of nitrogens with one attached hydrogen (secondary N) is 1. The molecular formula is C24H32N2O2. The van der Waals surface area contributed by atoms with Crippen LogP contribution in [-0.2, 0) is 11.2 Å². The Bertz CT molecular complexity index is 797. The van der Waals surface area contributed by atoms with Gasteiger partial charge in [-0.25, -0.2) is 0 Å². The minimum absolute atomic E-state index is 0.118. The molecule has 0 aliphatic carbocycles. The first-order valence-electron chi connectivity index (χ1n) is 10.3. The number of ether oxygens (including phenoxy) is 1. The number of hydrogen-bond acceptors (Lipinski definition) is 3. The summed E-state index contributed by atoms with van der Waals surface area (Å²) in [4.78, 5) is 15.0. The van der Waals surface area contributed by atoms with Gasteiger partial charge in [0, 0.05) is 13.0 Å². The molecule has 1 fully saturated rings. The highest BCUT2D eigenvalue weighted by atomic mass is 16.5. The molecular weight excluding hydrogens is 348 g/mol. The third kappa shape index (κ3) is 5.35. The molecule has 1 N–H and O–H groups in total. The molecule has 1 aliphatic rings. The summed E-state index contributed by atoms with van der Waals surface area (Å²) in [5.74, 6) is 0.981. The highest BCUT2D eigenvalue weighted by Crippen LogP contribution is 2.27. The van der Waals surface area contributed by atoms with E-state index in [1.807, 2.05) is 12.1 Å². The summed E-state index contributed by atoms with van der Waals surface area (Å²) in [5, 5.41) is 3.18. The van der Waals surface area contributed by atoms with Gasteiger partial charge < -0.3 is 10.1 Å². The van der Waals surface area contributed by atoms with Crippen LogP contribution in [0.4, 0.5) is 0 Å². The summed E-state index contributed by atoms with van der Waals surface area (Å²) in [6.07, 6.45) is 3.75. The molecule has 4 nitrogen and oxygen atoms in total. The van der Waals surface area contributed by atoms with Crippen LogP contribution in [0.15, 0.2) is 42.5 Å². The molecule has 0 radical (unpaired) electrons. The molecule has 1 unspecified atom stereocenters. The lowest BCUT2D eigenvalue weighted by molar-refractivity contribution is -0.121. The fourth-order valence-electron chi connectivity index (χ4n) is 4.03. The number of carbonyl (C=O) groups excluding carboxylic acids is 1. The van der Waals surface area contributed by atoms with Gasteiger partial charge in [-0.1, -0.05) is 35.9 Å². The second-order valence-corrected chi connectivity index (χ2v) is 7.77. The van der Waals surface area contributed by atoms with Gasteiger partial charge in [0.05, 0.1) is 13.2 Å². The molecule has 1 atom stereocenters. The topological polar surface area (TPSA) is 41.6 Å². The molecule has 0 aromatic heterocycles. The summed E-state index contributed by atoms with van der Waals surface area (Å²) >= 11 is 0. The highest BCUT2D eigenvalue weighted by Gasteiger charge is 2.24. The summed E-state index contributed by atoms with van der Waals surface area (Å²) in [7, 11) is 1.69. The van der Waals surface area contributed by atoms with E-state index >= 15 is 0 Å².